The molecule has 1 fully saturated rings. The van der Waals surface area contributed by atoms with Crippen LogP contribution in [0.5, 0.6) is 0 Å². The summed E-state index contributed by atoms with van der Waals surface area (Å²) in [4.78, 5) is 50.6. The fraction of sp³-hybridized carbons (Fsp3) is 0.524. The van der Waals surface area contributed by atoms with Gasteiger partial charge in [-0.05, 0) is 29.7 Å². The molecule has 10 nitrogen and oxygen atoms in total. The summed E-state index contributed by atoms with van der Waals surface area (Å²) in [6.45, 7) is 2.58. The van der Waals surface area contributed by atoms with E-state index in [-0.39, 0.29) is 41.2 Å². The topological polar surface area (TPSA) is 134 Å². The molecule has 0 aromatic heterocycles. The van der Waals surface area contributed by atoms with Crippen molar-refractivity contribution in [3.63, 3.8) is 0 Å². The molecule has 3 rings (SSSR count). The van der Waals surface area contributed by atoms with Gasteiger partial charge in [-0.1, -0.05) is 28.7 Å². The summed E-state index contributed by atoms with van der Waals surface area (Å²) in [5, 5.41) is 2.15. The fourth-order valence-electron chi connectivity index (χ4n) is 3.51. The highest BCUT2D eigenvalue weighted by Gasteiger charge is 2.47. The predicted octanol–water partition coefficient (Wildman–Crippen LogP) is 0.680. The zero-order valence-electron chi connectivity index (χ0n) is 17.9. The van der Waals surface area contributed by atoms with E-state index in [0.717, 1.165) is 9.33 Å². The van der Waals surface area contributed by atoms with Crippen LogP contribution in [0.25, 0.3) is 0 Å². The molecule has 2 aliphatic rings. The number of nitrogens with one attached hydrogen (secondary N) is 1. The average molecular weight is 592 g/mol. The number of piperidine rings is 1. The van der Waals surface area contributed by atoms with E-state index in [1.54, 1.807) is 6.07 Å². The lowest BCUT2D eigenvalue weighted by Gasteiger charge is -2.27. The lowest BCUT2D eigenvalue weighted by Crippen LogP contribution is -2.54. The van der Waals surface area contributed by atoms with E-state index in [0.29, 0.717) is 33.0 Å². The first kappa shape index (κ1) is 26.0. The molecule has 2 atom stereocenters. The van der Waals surface area contributed by atoms with Crippen LogP contribution in [0.4, 0.5) is 0 Å². The van der Waals surface area contributed by atoms with Crippen molar-refractivity contribution in [2.24, 2.45) is 0 Å². The minimum Gasteiger partial charge on any atom is -0.611 e. The summed E-state index contributed by atoms with van der Waals surface area (Å²) in [5.41, 5.74) is 0.148. The number of alkyl halides is 1. The highest BCUT2D eigenvalue weighted by molar-refractivity contribution is 14.1. The zero-order valence-corrected chi connectivity index (χ0v) is 20.9. The Morgan fingerprint density at radius 3 is 2.33 bits per heavy atom. The molecule has 0 saturated carbocycles. The lowest BCUT2D eigenvalue weighted by atomic mass is 10.0. The van der Waals surface area contributed by atoms with Gasteiger partial charge in [0.05, 0.1) is 45.2 Å². The van der Waals surface area contributed by atoms with Gasteiger partial charge in [-0.15, -0.1) is 0 Å². The van der Waals surface area contributed by atoms with Crippen molar-refractivity contribution in [3.05, 3.63) is 29.3 Å². The number of halogens is 1. The Morgan fingerprint density at radius 1 is 1.00 bits per heavy atom. The van der Waals surface area contributed by atoms with Gasteiger partial charge in [-0.2, -0.15) is 0 Å². The van der Waals surface area contributed by atoms with Gasteiger partial charge in [0.25, 0.3) is 11.8 Å². The third-order valence-electron chi connectivity index (χ3n) is 5.05. The number of hydrogen-bond acceptors (Lipinski definition) is 8. The minimum atomic E-state index is -1.59. The van der Waals surface area contributed by atoms with Crippen LogP contribution in [-0.2, 0) is 35.0 Å². The van der Waals surface area contributed by atoms with Crippen molar-refractivity contribution in [1.82, 2.24) is 10.2 Å². The van der Waals surface area contributed by atoms with Crippen LogP contribution in [0.3, 0.4) is 0 Å². The van der Waals surface area contributed by atoms with Crippen LogP contribution in [0.2, 0.25) is 0 Å². The molecule has 33 heavy (non-hydrogen) atoms. The maximum Gasteiger partial charge on any atom is 0.267 e. The van der Waals surface area contributed by atoms with E-state index in [4.69, 9.17) is 14.2 Å². The number of carbonyl (C=O) groups excluding carboxylic acids is 4. The first-order valence-corrected chi connectivity index (χ1v) is 13.3. The number of carbonyl (C=O) groups is 4. The van der Waals surface area contributed by atoms with Crippen LogP contribution >= 0.6 is 22.6 Å². The Morgan fingerprint density at radius 2 is 1.67 bits per heavy atom. The van der Waals surface area contributed by atoms with E-state index < -0.39 is 40.8 Å². The number of amides is 4. The summed E-state index contributed by atoms with van der Waals surface area (Å²) in [7, 11) is 0. The largest absolute Gasteiger partial charge is 0.611 e. The van der Waals surface area contributed by atoms with Crippen molar-refractivity contribution in [2.45, 2.75) is 23.8 Å². The molecule has 12 heteroatoms. The first-order valence-electron chi connectivity index (χ1n) is 10.5. The number of rotatable bonds is 13. The Balaban J connectivity index is 1.53. The maximum atomic E-state index is 13.0. The highest BCUT2D eigenvalue weighted by atomic mass is 127. The van der Waals surface area contributed by atoms with Gasteiger partial charge in [0.1, 0.15) is 17.4 Å². The van der Waals surface area contributed by atoms with Gasteiger partial charge in [0, 0.05) is 10.8 Å². The summed E-state index contributed by atoms with van der Waals surface area (Å²) >= 11 is 0.640. The van der Waals surface area contributed by atoms with Gasteiger partial charge < -0.3 is 18.8 Å². The molecule has 1 N–H and O–H groups in total. The van der Waals surface area contributed by atoms with Gasteiger partial charge in [-0.25, -0.2) is 0 Å². The van der Waals surface area contributed by atoms with E-state index in [1.165, 1.54) is 12.1 Å². The fourth-order valence-corrected chi connectivity index (χ4v) is 4.97. The van der Waals surface area contributed by atoms with Gasteiger partial charge in [0.15, 0.2) is 4.90 Å². The van der Waals surface area contributed by atoms with Gasteiger partial charge >= 0.3 is 0 Å². The molecule has 180 valence electrons. The number of hydrogen-bond donors (Lipinski definition) is 1. The number of ether oxygens (including phenoxy) is 3. The maximum absolute atomic E-state index is 13.0. The standard InChI is InChI=1S/C21H25IN2O8S/c22-6-7-30-8-9-31-10-11-32-12-13-33(29)16-3-1-2-14-18(16)21(28)24(20(14)27)15-4-5-17(25)23-19(15)26/h1-3,15H,4-13H2,(H,23,25,26). The SMILES string of the molecule is O=C1CCC(N2C(=O)c3cccc([S+]([O-])CCOCCOCCOCCI)c3C2=O)C(=O)N1. The molecule has 1 saturated heterocycles. The summed E-state index contributed by atoms with van der Waals surface area (Å²) in [6.07, 6.45) is 0.101. The number of benzene rings is 1. The molecule has 0 aliphatic carbocycles. The smallest absolute Gasteiger partial charge is 0.267 e. The summed E-state index contributed by atoms with van der Waals surface area (Å²) in [6, 6.07) is 3.50. The second kappa shape index (κ2) is 12.8. The van der Waals surface area contributed by atoms with Crippen LogP contribution in [-0.4, -0.2) is 88.9 Å². The van der Waals surface area contributed by atoms with Crippen LogP contribution in [0, 0.1) is 0 Å². The van der Waals surface area contributed by atoms with E-state index in [2.05, 4.69) is 27.9 Å². The number of fused-ring (bicyclic) bond motifs is 1. The molecule has 1 aromatic rings. The third-order valence-corrected chi connectivity index (χ3v) is 6.86. The molecule has 0 spiro atoms. The summed E-state index contributed by atoms with van der Waals surface area (Å²) < 4.78 is 29.9. The molecule has 2 unspecified atom stereocenters. The molecular weight excluding hydrogens is 567 g/mol. The van der Waals surface area contributed by atoms with E-state index in [9.17, 15) is 23.7 Å². The predicted molar refractivity (Wildman–Crippen MR) is 126 cm³/mol. The summed E-state index contributed by atoms with van der Waals surface area (Å²) in [5.74, 6) is -2.29. The quantitative estimate of drug-likeness (QED) is 0.116. The number of nitrogens with zero attached hydrogens (tertiary/aromatic N) is 1. The molecule has 2 aliphatic heterocycles. The molecule has 2 heterocycles. The van der Waals surface area contributed by atoms with E-state index in [1.807, 2.05) is 0 Å². The molecule has 4 amide bonds. The Kier molecular flexibility index (Phi) is 10.1. The van der Waals surface area contributed by atoms with Gasteiger partial charge in [-0.3, -0.25) is 29.4 Å². The van der Waals surface area contributed by atoms with Crippen LogP contribution < -0.4 is 5.32 Å². The minimum absolute atomic E-state index is 0.0368. The molecular formula is C21H25IN2O8S. The van der Waals surface area contributed by atoms with Crippen LogP contribution in [0.1, 0.15) is 33.6 Å². The number of imide groups is 2. The zero-order chi connectivity index (χ0) is 23.8. The Bertz CT molecular complexity index is 899. The second-order valence-corrected chi connectivity index (χ2v) is 9.82. The van der Waals surface area contributed by atoms with Crippen molar-refractivity contribution in [2.75, 3.05) is 49.8 Å². The third kappa shape index (κ3) is 6.51. The van der Waals surface area contributed by atoms with Crippen LogP contribution in [0.15, 0.2) is 23.1 Å². The van der Waals surface area contributed by atoms with Crippen molar-refractivity contribution < 1.29 is 37.9 Å². The van der Waals surface area contributed by atoms with Crippen molar-refractivity contribution >= 4 is 57.4 Å². The second-order valence-electron chi connectivity index (χ2n) is 7.20. The Hall–Kier alpha value is -1.58. The van der Waals surface area contributed by atoms with Gasteiger partial charge in [0.2, 0.25) is 11.8 Å². The normalized spacial score (nSPS) is 19.1. The van der Waals surface area contributed by atoms with Crippen molar-refractivity contribution in [1.29, 1.82) is 0 Å². The molecule has 1 aromatic carbocycles. The van der Waals surface area contributed by atoms with Crippen molar-refractivity contribution in [3.8, 4) is 0 Å². The lowest BCUT2D eigenvalue weighted by molar-refractivity contribution is -0.136. The first-order chi connectivity index (χ1) is 16.0. The Labute approximate surface area is 208 Å². The molecule has 0 radical (unpaired) electrons. The highest BCUT2D eigenvalue weighted by Crippen LogP contribution is 2.32. The monoisotopic (exact) mass is 592 g/mol. The van der Waals surface area contributed by atoms with E-state index >= 15 is 0 Å². The molecule has 0 bridgehead atoms. The average Bonchev–Trinajstić information content (AvgIpc) is 3.05.